The van der Waals surface area contributed by atoms with Gasteiger partial charge in [0, 0.05) is 25.8 Å². The number of ether oxygens (including phenoxy) is 2. The van der Waals surface area contributed by atoms with E-state index in [-0.39, 0.29) is 31.4 Å². The van der Waals surface area contributed by atoms with Crippen LogP contribution in [-0.4, -0.2) is 54.4 Å². The highest BCUT2D eigenvalue weighted by Gasteiger charge is 2.29. The van der Waals surface area contributed by atoms with Crippen LogP contribution in [0.15, 0.2) is 66.9 Å². The molecular formula is C26H25N3O6. The van der Waals surface area contributed by atoms with Crippen molar-refractivity contribution >= 4 is 18.0 Å². The van der Waals surface area contributed by atoms with Crippen LogP contribution >= 0.6 is 0 Å². The van der Waals surface area contributed by atoms with Crippen molar-refractivity contribution < 1.29 is 29.0 Å². The fourth-order valence-corrected chi connectivity index (χ4v) is 4.10. The molecule has 1 aromatic heterocycles. The number of carbonyl (C=O) groups is 3. The summed E-state index contributed by atoms with van der Waals surface area (Å²) >= 11 is 0. The van der Waals surface area contributed by atoms with Gasteiger partial charge in [-0.25, -0.2) is 14.6 Å². The van der Waals surface area contributed by atoms with Crippen molar-refractivity contribution in [3.63, 3.8) is 0 Å². The number of rotatable bonds is 9. The Labute approximate surface area is 202 Å². The zero-order chi connectivity index (χ0) is 24.8. The molecule has 0 radical (unpaired) electrons. The van der Waals surface area contributed by atoms with E-state index in [1.165, 1.54) is 19.4 Å². The molecule has 0 bridgehead atoms. The third kappa shape index (κ3) is 5.47. The first-order valence-electron chi connectivity index (χ1n) is 11.0. The van der Waals surface area contributed by atoms with E-state index in [2.05, 4.69) is 27.8 Å². The number of aromatic carboxylic acids is 1. The molecule has 1 aliphatic carbocycles. The molecule has 2 aromatic carbocycles. The molecule has 1 heterocycles. The second-order valence-corrected chi connectivity index (χ2v) is 8.05. The number of benzene rings is 2. The molecule has 35 heavy (non-hydrogen) atoms. The Morgan fingerprint density at radius 3 is 2.23 bits per heavy atom. The predicted octanol–water partition coefficient (Wildman–Crippen LogP) is 2.95. The third-order valence-electron chi connectivity index (χ3n) is 5.80. The number of carboxylic acid groups (broad SMARTS) is 1. The van der Waals surface area contributed by atoms with Gasteiger partial charge in [0.2, 0.25) is 5.91 Å². The molecule has 3 aromatic rings. The molecule has 180 valence electrons. The molecule has 3 N–H and O–H groups in total. The van der Waals surface area contributed by atoms with E-state index in [0.29, 0.717) is 5.56 Å². The highest BCUT2D eigenvalue weighted by molar-refractivity contribution is 5.86. The smallest absolute Gasteiger partial charge is 0.407 e. The van der Waals surface area contributed by atoms with Crippen LogP contribution in [0, 0.1) is 0 Å². The fourth-order valence-electron chi connectivity index (χ4n) is 4.10. The standard InChI is InChI=1S/C26H25N3O6/c1-34-15-23(24(30)28-13-16-10-11-22(25(31)32)27-12-16)29-26(33)35-14-21-19-8-4-2-6-17(19)18-7-3-5-9-20(18)21/h2-12,21,23H,13-15H2,1H3,(H,28,30)(H,29,33)(H,31,32). The SMILES string of the molecule is COCC(NC(=O)OCC1c2ccccc2-c2ccccc21)C(=O)NCc1ccc(C(=O)O)nc1. The summed E-state index contributed by atoms with van der Waals surface area (Å²) in [5.41, 5.74) is 4.96. The van der Waals surface area contributed by atoms with Crippen molar-refractivity contribution in [2.24, 2.45) is 0 Å². The number of pyridine rings is 1. The lowest BCUT2D eigenvalue weighted by molar-refractivity contribution is -0.124. The Bertz CT molecular complexity index is 1180. The summed E-state index contributed by atoms with van der Waals surface area (Å²) in [5, 5.41) is 14.2. The average molecular weight is 476 g/mol. The van der Waals surface area contributed by atoms with Crippen LogP contribution in [0.1, 0.15) is 33.1 Å². The maximum Gasteiger partial charge on any atom is 0.407 e. The fraction of sp³-hybridized carbons (Fsp3) is 0.231. The summed E-state index contributed by atoms with van der Waals surface area (Å²) in [4.78, 5) is 39.9. The van der Waals surface area contributed by atoms with E-state index in [1.807, 2.05) is 36.4 Å². The quantitative estimate of drug-likeness (QED) is 0.434. The number of alkyl carbamates (subject to hydrolysis) is 1. The van der Waals surface area contributed by atoms with Gasteiger partial charge in [0.05, 0.1) is 6.61 Å². The van der Waals surface area contributed by atoms with Crippen molar-refractivity contribution in [1.29, 1.82) is 0 Å². The number of aromatic nitrogens is 1. The number of fused-ring (bicyclic) bond motifs is 3. The van der Waals surface area contributed by atoms with Crippen molar-refractivity contribution in [3.8, 4) is 11.1 Å². The molecule has 0 saturated carbocycles. The van der Waals surface area contributed by atoms with Crippen molar-refractivity contribution in [2.45, 2.75) is 18.5 Å². The van der Waals surface area contributed by atoms with Gasteiger partial charge in [-0.1, -0.05) is 54.6 Å². The number of amides is 2. The van der Waals surface area contributed by atoms with Gasteiger partial charge in [0.25, 0.3) is 0 Å². The average Bonchev–Trinajstić information content (AvgIpc) is 3.19. The predicted molar refractivity (Wildman–Crippen MR) is 127 cm³/mol. The Balaban J connectivity index is 1.34. The second-order valence-electron chi connectivity index (χ2n) is 8.05. The number of methoxy groups -OCH3 is 1. The van der Waals surface area contributed by atoms with Crippen molar-refractivity contribution in [2.75, 3.05) is 20.3 Å². The highest BCUT2D eigenvalue weighted by Crippen LogP contribution is 2.44. The summed E-state index contributed by atoms with van der Waals surface area (Å²) in [7, 11) is 1.42. The maximum absolute atomic E-state index is 12.6. The van der Waals surface area contributed by atoms with Crippen LogP contribution < -0.4 is 10.6 Å². The summed E-state index contributed by atoms with van der Waals surface area (Å²) < 4.78 is 10.6. The monoisotopic (exact) mass is 475 g/mol. The van der Waals surface area contributed by atoms with Crippen LogP contribution in [0.4, 0.5) is 4.79 Å². The lowest BCUT2D eigenvalue weighted by Crippen LogP contribution is -2.49. The number of nitrogens with one attached hydrogen (secondary N) is 2. The van der Waals surface area contributed by atoms with Gasteiger partial charge in [-0.3, -0.25) is 4.79 Å². The number of hydrogen-bond donors (Lipinski definition) is 3. The van der Waals surface area contributed by atoms with Gasteiger partial charge < -0.3 is 25.2 Å². The van der Waals surface area contributed by atoms with Crippen LogP contribution in [-0.2, 0) is 20.8 Å². The second kappa shape index (κ2) is 10.8. The Morgan fingerprint density at radius 1 is 1.00 bits per heavy atom. The molecular weight excluding hydrogens is 450 g/mol. The van der Waals surface area contributed by atoms with Crippen molar-refractivity contribution in [1.82, 2.24) is 15.6 Å². The van der Waals surface area contributed by atoms with Crippen LogP contribution in [0.3, 0.4) is 0 Å². The Kier molecular flexibility index (Phi) is 7.37. The normalized spacial score (nSPS) is 12.8. The van der Waals surface area contributed by atoms with E-state index in [4.69, 9.17) is 14.6 Å². The van der Waals surface area contributed by atoms with E-state index in [0.717, 1.165) is 22.3 Å². The van der Waals surface area contributed by atoms with Crippen molar-refractivity contribution in [3.05, 3.63) is 89.2 Å². The van der Waals surface area contributed by atoms with Crippen LogP contribution in [0.5, 0.6) is 0 Å². The van der Waals surface area contributed by atoms with E-state index in [1.54, 1.807) is 6.07 Å². The Morgan fingerprint density at radius 2 is 1.66 bits per heavy atom. The first-order valence-corrected chi connectivity index (χ1v) is 11.0. The van der Waals surface area contributed by atoms with Gasteiger partial charge in [-0.15, -0.1) is 0 Å². The van der Waals surface area contributed by atoms with Gasteiger partial charge in [0.1, 0.15) is 18.3 Å². The van der Waals surface area contributed by atoms with Gasteiger partial charge in [0.15, 0.2) is 0 Å². The van der Waals surface area contributed by atoms with Crippen LogP contribution in [0.25, 0.3) is 11.1 Å². The summed E-state index contributed by atoms with van der Waals surface area (Å²) in [6.07, 6.45) is 0.644. The van der Waals surface area contributed by atoms with E-state index in [9.17, 15) is 14.4 Å². The Hall–Kier alpha value is -4.24. The lowest BCUT2D eigenvalue weighted by Gasteiger charge is -2.19. The zero-order valence-electron chi connectivity index (χ0n) is 19.1. The molecule has 0 fully saturated rings. The number of hydrogen-bond acceptors (Lipinski definition) is 6. The molecule has 9 nitrogen and oxygen atoms in total. The third-order valence-corrected chi connectivity index (χ3v) is 5.80. The molecule has 1 aliphatic rings. The first kappa shape index (κ1) is 23.9. The molecule has 0 saturated heterocycles. The minimum absolute atomic E-state index is 0.0494. The zero-order valence-corrected chi connectivity index (χ0v) is 19.1. The molecule has 1 unspecified atom stereocenters. The van der Waals surface area contributed by atoms with Gasteiger partial charge in [-0.2, -0.15) is 0 Å². The van der Waals surface area contributed by atoms with Gasteiger partial charge >= 0.3 is 12.1 Å². The first-order chi connectivity index (χ1) is 17.0. The minimum atomic E-state index is -1.13. The molecule has 1 atom stereocenters. The molecule has 2 amide bonds. The topological polar surface area (TPSA) is 127 Å². The lowest BCUT2D eigenvalue weighted by atomic mass is 9.98. The number of carbonyl (C=O) groups excluding carboxylic acids is 2. The maximum atomic E-state index is 12.6. The highest BCUT2D eigenvalue weighted by atomic mass is 16.5. The van der Waals surface area contributed by atoms with Crippen LogP contribution in [0.2, 0.25) is 0 Å². The largest absolute Gasteiger partial charge is 0.477 e. The van der Waals surface area contributed by atoms with Gasteiger partial charge in [-0.05, 0) is 33.9 Å². The number of nitrogens with zero attached hydrogens (tertiary/aromatic N) is 1. The van der Waals surface area contributed by atoms with E-state index >= 15 is 0 Å². The summed E-state index contributed by atoms with van der Waals surface area (Å²) in [6, 6.07) is 18.0. The summed E-state index contributed by atoms with van der Waals surface area (Å²) in [5.74, 6) is -1.69. The summed E-state index contributed by atoms with van der Waals surface area (Å²) in [6.45, 7) is 0.188. The number of carboxylic acids is 1. The van der Waals surface area contributed by atoms with E-state index < -0.39 is 24.0 Å². The minimum Gasteiger partial charge on any atom is -0.477 e. The molecule has 4 rings (SSSR count). The molecule has 0 aliphatic heterocycles. The molecule has 9 heteroatoms. The molecule has 0 spiro atoms.